The van der Waals surface area contributed by atoms with Crippen molar-refractivity contribution in [1.82, 2.24) is 20.1 Å². The number of fused-ring (bicyclic) bond motifs is 3. The van der Waals surface area contributed by atoms with Crippen LogP contribution >= 0.6 is 0 Å². The van der Waals surface area contributed by atoms with Crippen molar-refractivity contribution in [2.45, 2.75) is 135 Å². The number of benzene rings is 1. The van der Waals surface area contributed by atoms with E-state index in [1.807, 2.05) is 28.0 Å². The van der Waals surface area contributed by atoms with Gasteiger partial charge in [-0.3, -0.25) is 14.4 Å². The normalized spacial score (nSPS) is 24.7. The van der Waals surface area contributed by atoms with E-state index in [0.717, 1.165) is 55.4 Å². The molecular weight excluding hydrogens is 654 g/mol. The van der Waals surface area contributed by atoms with Gasteiger partial charge in [0, 0.05) is 37.0 Å². The SMILES string of the molecule is COc1ccc(C23CCC(CN(C(=O)C4CCC(OC(=O)NCCC(C)(C)O)CC4)c4cc(-c5cnn(C(C)(C)C)c5)ccn4)(CC2)CC3)cc1C. The summed E-state index contributed by atoms with van der Waals surface area (Å²) in [5.41, 5.74) is 3.81. The highest BCUT2D eigenvalue weighted by molar-refractivity contribution is 5.95. The van der Waals surface area contributed by atoms with Crippen LogP contribution in [0.4, 0.5) is 10.6 Å². The van der Waals surface area contributed by atoms with Crippen LogP contribution in [0.5, 0.6) is 5.75 Å². The number of carbonyl (C=O) groups excluding carboxylic acids is 2. The fraction of sp³-hybridized carbons (Fsp3) is 0.619. The summed E-state index contributed by atoms with van der Waals surface area (Å²) in [6.45, 7) is 12.9. The molecule has 1 aromatic carbocycles. The predicted octanol–water partition coefficient (Wildman–Crippen LogP) is 8.09. The van der Waals surface area contributed by atoms with Crippen molar-refractivity contribution in [2.24, 2.45) is 11.3 Å². The summed E-state index contributed by atoms with van der Waals surface area (Å²) >= 11 is 0. The zero-order valence-electron chi connectivity index (χ0n) is 32.3. The summed E-state index contributed by atoms with van der Waals surface area (Å²) in [7, 11) is 1.73. The van der Waals surface area contributed by atoms with E-state index in [1.54, 1.807) is 21.0 Å². The number of hydrogen-bond acceptors (Lipinski definition) is 7. The number of aliphatic hydroxyl groups is 1. The predicted molar refractivity (Wildman–Crippen MR) is 203 cm³/mol. The molecule has 3 aromatic rings. The molecule has 2 N–H and O–H groups in total. The van der Waals surface area contributed by atoms with Crippen LogP contribution in [0.25, 0.3) is 11.1 Å². The molecule has 7 rings (SSSR count). The maximum atomic E-state index is 14.7. The second-order valence-corrected chi connectivity index (χ2v) is 17.5. The van der Waals surface area contributed by atoms with Gasteiger partial charge in [-0.2, -0.15) is 5.10 Å². The van der Waals surface area contributed by atoms with Crippen molar-refractivity contribution in [3.05, 3.63) is 60.0 Å². The van der Waals surface area contributed by atoms with E-state index in [0.29, 0.717) is 51.0 Å². The fourth-order valence-corrected chi connectivity index (χ4v) is 8.64. The molecule has 10 heteroatoms. The van der Waals surface area contributed by atoms with Crippen LogP contribution in [0.1, 0.15) is 116 Å². The van der Waals surface area contributed by atoms with Crippen LogP contribution in [-0.2, 0) is 20.5 Å². The van der Waals surface area contributed by atoms with Crippen LogP contribution in [0.3, 0.4) is 0 Å². The van der Waals surface area contributed by atoms with Crippen molar-refractivity contribution in [3.63, 3.8) is 0 Å². The van der Waals surface area contributed by atoms with Gasteiger partial charge in [-0.05, 0) is 158 Å². The van der Waals surface area contributed by atoms with E-state index in [2.05, 4.69) is 68.6 Å². The van der Waals surface area contributed by atoms with Gasteiger partial charge in [-0.25, -0.2) is 9.78 Å². The van der Waals surface area contributed by atoms with Gasteiger partial charge in [0.1, 0.15) is 17.7 Å². The quantitative estimate of drug-likeness (QED) is 0.206. The van der Waals surface area contributed by atoms with E-state index in [9.17, 15) is 14.7 Å². The summed E-state index contributed by atoms with van der Waals surface area (Å²) < 4.78 is 13.2. The van der Waals surface area contributed by atoms with Gasteiger partial charge in [-0.15, -0.1) is 0 Å². The first-order chi connectivity index (χ1) is 24.6. The number of aromatic nitrogens is 3. The van der Waals surface area contributed by atoms with Gasteiger partial charge >= 0.3 is 6.09 Å². The van der Waals surface area contributed by atoms with E-state index < -0.39 is 11.7 Å². The highest BCUT2D eigenvalue weighted by Crippen LogP contribution is 2.58. The smallest absolute Gasteiger partial charge is 0.407 e. The molecule has 0 radical (unpaired) electrons. The molecule has 2 bridgehead atoms. The van der Waals surface area contributed by atoms with Gasteiger partial charge in [0.2, 0.25) is 5.91 Å². The number of nitrogens with zero attached hydrogens (tertiary/aromatic N) is 4. The highest BCUT2D eigenvalue weighted by atomic mass is 16.6. The fourth-order valence-electron chi connectivity index (χ4n) is 8.64. The van der Waals surface area contributed by atoms with Gasteiger partial charge in [0.15, 0.2) is 0 Å². The first-order valence-electron chi connectivity index (χ1n) is 19.2. The number of pyridine rings is 1. The number of rotatable bonds is 11. The lowest BCUT2D eigenvalue weighted by Gasteiger charge is -2.55. The molecule has 4 saturated carbocycles. The van der Waals surface area contributed by atoms with Crippen LogP contribution in [0.15, 0.2) is 48.9 Å². The Kier molecular flexibility index (Phi) is 10.8. The second kappa shape index (κ2) is 14.8. The molecule has 0 saturated heterocycles. The lowest BCUT2D eigenvalue weighted by Crippen LogP contribution is -2.52. The first kappa shape index (κ1) is 37.8. The Balaban J connectivity index is 1.19. The third-order valence-electron chi connectivity index (χ3n) is 12.1. The number of amides is 2. The average Bonchev–Trinajstić information content (AvgIpc) is 3.63. The Morgan fingerprint density at radius 3 is 2.27 bits per heavy atom. The van der Waals surface area contributed by atoms with Crippen molar-refractivity contribution < 1.29 is 24.2 Å². The van der Waals surface area contributed by atoms with Crippen molar-refractivity contribution in [1.29, 1.82) is 0 Å². The van der Waals surface area contributed by atoms with E-state index in [4.69, 9.17) is 14.5 Å². The molecule has 4 fully saturated rings. The zero-order chi connectivity index (χ0) is 37.3. The van der Waals surface area contributed by atoms with Gasteiger partial charge in [-0.1, -0.05) is 12.1 Å². The van der Waals surface area contributed by atoms with E-state index in [-0.39, 0.29) is 34.3 Å². The number of methoxy groups -OCH3 is 1. The molecule has 10 nitrogen and oxygen atoms in total. The molecule has 52 heavy (non-hydrogen) atoms. The van der Waals surface area contributed by atoms with Crippen LogP contribution in [0, 0.1) is 18.3 Å². The molecule has 2 heterocycles. The van der Waals surface area contributed by atoms with Crippen LogP contribution in [0.2, 0.25) is 0 Å². The Bertz CT molecular complexity index is 1700. The summed E-state index contributed by atoms with van der Waals surface area (Å²) in [5, 5.41) is 17.3. The Morgan fingerprint density at radius 2 is 1.67 bits per heavy atom. The van der Waals surface area contributed by atoms with Crippen LogP contribution < -0.4 is 15.0 Å². The third kappa shape index (κ3) is 8.48. The minimum Gasteiger partial charge on any atom is -0.496 e. The third-order valence-corrected chi connectivity index (χ3v) is 12.1. The standard InChI is InChI=1S/C42H59N5O5/c1-29-24-33(10-13-35(29)51-7)42-18-15-41(16-19-42,17-20-42)28-46(36-25-31(14-22-43-36)32-26-45-47(27-32)39(2,3)4)37(48)30-8-11-34(12-9-30)52-38(49)44-23-21-40(5,6)50/h10,13-14,22,24-27,30,34,50H,8-9,11-12,15-21,23,28H2,1-7H3,(H,44,49). The molecular formula is C42H59N5O5. The van der Waals surface area contributed by atoms with Gasteiger partial charge in [0.05, 0.1) is 24.4 Å². The molecule has 0 aliphatic heterocycles. The summed E-state index contributed by atoms with van der Waals surface area (Å²) in [6.07, 6.45) is 14.6. The second-order valence-electron chi connectivity index (χ2n) is 17.5. The number of nitrogens with one attached hydrogen (secondary N) is 1. The van der Waals surface area contributed by atoms with E-state index >= 15 is 0 Å². The summed E-state index contributed by atoms with van der Waals surface area (Å²) in [4.78, 5) is 34.0. The molecule has 0 spiro atoms. The maximum absolute atomic E-state index is 14.7. The molecule has 2 aromatic heterocycles. The summed E-state index contributed by atoms with van der Waals surface area (Å²) in [5.74, 6) is 1.57. The lowest BCUT2D eigenvalue weighted by atomic mass is 9.51. The lowest BCUT2D eigenvalue weighted by molar-refractivity contribution is -0.124. The molecule has 0 unspecified atom stereocenters. The van der Waals surface area contributed by atoms with Crippen molar-refractivity contribution >= 4 is 17.8 Å². The Labute approximate surface area is 309 Å². The van der Waals surface area contributed by atoms with Gasteiger partial charge in [0.25, 0.3) is 0 Å². The summed E-state index contributed by atoms with van der Waals surface area (Å²) in [6, 6.07) is 10.8. The maximum Gasteiger partial charge on any atom is 0.407 e. The number of aryl methyl sites for hydroxylation is 1. The van der Waals surface area contributed by atoms with Gasteiger partial charge < -0.3 is 19.9 Å². The van der Waals surface area contributed by atoms with E-state index in [1.165, 1.54) is 11.1 Å². The zero-order valence-corrected chi connectivity index (χ0v) is 32.3. The molecule has 2 amide bonds. The van der Waals surface area contributed by atoms with Crippen molar-refractivity contribution in [2.75, 3.05) is 25.1 Å². The number of ether oxygens (including phenoxy) is 2. The highest BCUT2D eigenvalue weighted by Gasteiger charge is 2.51. The Morgan fingerprint density at radius 1 is 0.981 bits per heavy atom. The largest absolute Gasteiger partial charge is 0.496 e. The molecule has 282 valence electrons. The monoisotopic (exact) mass is 713 g/mol. The van der Waals surface area contributed by atoms with Crippen molar-refractivity contribution in [3.8, 4) is 16.9 Å². The minimum atomic E-state index is -0.853. The topological polar surface area (TPSA) is 119 Å². The van der Waals surface area contributed by atoms with Crippen LogP contribution in [-0.4, -0.2) is 63.8 Å². The number of hydrogen-bond donors (Lipinski definition) is 2. The molecule has 4 aliphatic carbocycles. The number of anilines is 1. The number of alkyl carbamates (subject to hydrolysis) is 1. The Hall–Kier alpha value is -3.92. The average molecular weight is 714 g/mol. The number of carbonyl (C=O) groups is 2. The molecule has 4 aliphatic rings. The minimum absolute atomic E-state index is 0.0370. The molecule has 0 atom stereocenters. The first-order valence-corrected chi connectivity index (χ1v) is 19.2.